The van der Waals surface area contributed by atoms with Gasteiger partial charge in [0.15, 0.2) is 0 Å². The van der Waals surface area contributed by atoms with Gasteiger partial charge in [0.1, 0.15) is 11.8 Å². The highest BCUT2D eigenvalue weighted by Crippen LogP contribution is 2.18. The van der Waals surface area contributed by atoms with E-state index in [2.05, 4.69) is 5.32 Å². The Morgan fingerprint density at radius 1 is 1.14 bits per heavy atom. The smallest absolute Gasteiger partial charge is 0.325 e. The molecule has 0 heterocycles. The molecule has 21 heavy (non-hydrogen) atoms. The van der Waals surface area contributed by atoms with Crippen molar-refractivity contribution in [3.63, 3.8) is 0 Å². The van der Waals surface area contributed by atoms with E-state index >= 15 is 0 Å². The van der Waals surface area contributed by atoms with Gasteiger partial charge in [-0.25, -0.2) is 0 Å². The van der Waals surface area contributed by atoms with Crippen molar-refractivity contribution in [1.82, 2.24) is 5.32 Å². The second-order valence-corrected chi connectivity index (χ2v) is 4.70. The summed E-state index contributed by atoms with van der Waals surface area (Å²) in [6.07, 6.45) is 0.709. The number of carbonyl (C=O) groups is 1. The molecular formula is C17H19NO3. The summed E-state index contributed by atoms with van der Waals surface area (Å²) in [4.78, 5) is 11.4. The first kappa shape index (κ1) is 15.1. The van der Waals surface area contributed by atoms with Crippen molar-refractivity contribution in [2.45, 2.75) is 12.5 Å². The second kappa shape index (κ2) is 7.45. The molecule has 0 spiro atoms. The molecule has 0 saturated heterocycles. The zero-order valence-corrected chi connectivity index (χ0v) is 12.0. The predicted molar refractivity (Wildman–Crippen MR) is 81.5 cm³/mol. The maximum atomic E-state index is 11.4. The highest BCUT2D eigenvalue weighted by Gasteiger charge is 2.18. The summed E-state index contributed by atoms with van der Waals surface area (Å²) in [6.45, 7) is 0.562. The summed E-state index contributed by atoms with van der Waals surface area (Å²) in [6, 6.07) is 16.2. The Balaban J connectivity index is 1.99. The van der Waals surface area contributed by atoms with Gasteiger partial charge in [-0.15, -0.1) is 0 Å². The fourth-order valence-electron chi connectivity index (χ4n) is 2.25. The van der Waals surface area contributed by atoms with E-state index in [-0.39, 0.29) is 0 Å². The van der Waals surface area contributed by atoms with Crippen LogP contribution in [0.5, 0.6) is 5.75 Å². The molecule has 0 radical (unpaired) electrons. The van der Waals surface area contributed by atoms with Gasteiger partial charge in [0, 0.05) is 6.54 Å². The van der Waals surface area contributed by atoms with Crippen molar-refractivity contribution in [2.24, 2.45) is 0 Å². The normalized spacial score (nSPS) is 11.9. The first-order valence-electron chi connectivity index (χ1n) is 6.85. The SMILES string of the molecule is COc1ccccc1CCNC(C(=O)O)c1ccccc1. The number of hydrogen-bond acceptors (Lipinski definition) is 3. The molecular weight excluding hydrogens is 266 g/mol. The van der Waals surface area contributed by atoms with E-state index < -0.39 is 12.0 Å². The number of ether oxygens (including phenoxy) is 1. The molecule has 0 aliphatic heterocycles. The molecule has 110 valence electrons. The topological polar surface area (TPSA) is 58.6 Å². The molecule has 0 amide bonds. The van der Waals surface area contributed by atoms with E-state index in [0.717, 1.165) is 16.9 Å². The van der Waals surface area contributed by atoms with Gasteiger partial charge in [0.25, 0.3) is 0 Å². The summed E-state index contributed by atoms with van der Waals surface area (Å²) < 4.78 is 5.29. The second-order valence-electron chi connectivity index (χ2n) is 4.70. The number of carboxylic acid groups (broad SMARTS) is 1. The summed E-state index contributed by atoms with van der Waals surface area (Å²) in [7, 11) is 1.64. The Labute approximate surface area is 124 Å². The van der Waals surface area contributed by atoms with Gasteiger partial charge in [-0.2, -0.15) is 0 Å². The molecule has 2 aromatic carbocycles. The molecule has 0 aromatic heterocycles. The molecule has 0 bridgehead atoms. The maximum Gasteiger partial charge on any atom is 0.325 e. The van der Waals surface area contributed by atoms with Crippen molar-refractivity contribution >= 4 is 5.97 Å². The van der Waals surface area contributed by atoms with Crippen LogP contribution >= 0.6 is 0 Å². The third-order valence-electron chi connectivity index (χ3n) is 3.32. The fraction of sp³-hybridized carbons (Fsp3) is 0.235. The van der Waals surface area contributed by atoms with Gasteiger partial charge in [-0.3, -0.25) is 4.79 Å². The van der Waals surface area contributed by atoms with Crippen LogP contribution in [0.4, 0.5) is 0 Å². The summed E-state index contributed by atoms with van der Waals surface area (Å²) >= 11 is 0. The minimum atomic E-state index is -0.874. The predicted octanol–water partition coefficient (Wildman–Crippen LogP) is 2.65. The summed E-state index contributed by atoms with van der Waals surface area (Å²) in [5, 5.41) is 12.4. The van der Waals surface area contributed by atoms with Crippen LogP contribution in [0.25, 0.3) is 0 Å². The van der Waals surface area contributed by atoms with Crippen molar-refractivity contribution in [3.8, 4) is 5.75 Å². The zero-order chi connectivity index (χ0) is 15.1. The van der Waals surface area contributed by atoms with E-state index in [1.807, 2.05) is 54.6 Å². The zero-order valence-electron chi connectivity index (χ0n) is 12.0. The van der Waals surface area contributed by atoms with Crippen LogP contribution < -0.4 is 10.1 Å². The lowest BCUT2D eigenvalue weighted by Crippen LogP contribution is -2.30. The summed E-state index contributed by atoms with van der Waals surface area (Å²) in [5.74, 6) is -0.0490. The number of nitrogens with one attached hydrogen (secondary N) is 1. The summed E-state index contributed by atoms with van der Waals surface area (Å²) in [5.41, 5.74) is 1.81. The van der Waals surface area contributed by atoms with Crippen molar-refractivity contribution in [1.29, 1.82) is 0 Å². The van der Waals surface area contributed by atoms with Gasteiger partial charge >= 0.3 is 5.97 Å². The number of hydrogen-bond donors (Lipinski definition) is 2. The van der Waals surface area contributed by atoms with Gasteiger partial charge in [-0.05, 0) is 23.6 Å². The molecule has 4 heteroatoms. The molecule has 2 aromatic rings. The van der Waals surface area contributed by atoms with Crippen LogP contribution in [0, 0.1) is 0 Å². The minimum absolute atomic E-state index is 0.562. The van der Waals surface area contributed by atoms with Crippen LogP contribution in [-0.4, -0.2) is 24.7 Å². The molecule has 2 N–H and O–H groups in total. The van der Waals surface area contributed by atoms with Gasteiger partial charge in [-0.1, -0.05) is 48.5 Å². The van der Waals surface area contributed by atoms with Crippen molar-refractivity contribution < 1.29 is 14.6 Å². The van der Waals surface area contributed by atoms with Gasteiger partial charge < -0.3 is 15.2 Å². The van der Waals surface area contributed by atoms with Crippen LogP contribution in [0.3, 0.4) is 0 Å². The quantitative estimate of drug-likeness (QED) is 0.821. The van der Waals surface area contributed by atoms with Crippen molar-refractivity contribution in [3.05, 3.63) is 65.7 Å². The van der Waals surface area contributed by atoms with E-state index in [9.17, 15) is 9.90 Å². The Kier molecular flexibility index (Phi) is 5.35. The Morgan fingerprint density at radius 2 is 1.81 bits per heavy atom. The van der Waals surface area contributed by atoms with E-state index in [0.29, 0.717) is 13.0 Å². The van der Waals surface area contributed by atoms with Crippen LogP contribution in [-0.2, 0) is 11.2 Å². The number of carboxylic acids is 1. The Bertz CT molecular complexity index is 584. The average molecular weight is 285 g/mol. The van der Waals surface area contributed by atoms with Crippen LogP contribution in [0.2, 0.25) is 0 Å². The highest BCUT2D eigenvalue weighted by atomic mass is 16.5. The first-order valence-corrected chi connectivity index (χ1v) is 6.85. The average Bonchev–Trinajstić information content (AvgIpc) is 2.52. The van der Waals surface area contributed by atoms with Gasteiger partial charge in [0.2, 0.25) is 0 Å². The van der Waals surface area contributed by atoms with Crippen LogP contribution in [0.1, 0.15) is 17.2 Å². The molecule has 0 aliphatic rings. The standard InChI is InChI=1S/C17H19NO3/c1-21-15-10-6-5-7-13(15)11-12-18-16(17(19)20)14-8-3-2-4-9-14/h2-10,16,18H,11-12H2,1H3,(H,19,20). The molecule has 0 fully saturated rings. The number of aliphatic carboxylic acids is 1. The van der Waals surface area contributed by atoms with E-state index in [4.69, 9.17) is 4.74 Å². The monoisotopic (exact) mass is 285 g/mol. The number of para-hydroxylation sites is 1. The fourth-order valence-corrected chi connectivity index (χ4v) is 2.25. The number of rotatable bonds is 7. The van der Waals surface area contributed by atoms with E-state index in [1.165, 1.54) is 0 Å². The highest BCUT2D eigenvalue weighted by molar-refractivity contribution is 5.75. The first-order chi connectivity index (χ1) is 10.2. The molecule has 0 saturated carbocycles. The third kappa shape index (κ3) is 4.07. The molecule has 2 rings (SSSR count). The lowest BCUT2D eigenvalue weighted by molar-refractivity contribution is -0.139. The molecule has 1 unspecified atom stereocenters. The molecule has 0 aliphatic carbocycles. The van der Waals surface area contributed by atoms with Gasteiger partial charge in [0.05, 0.1) is 7.11 Å². The van der Waals surface area contributed by atoms with Crippen LogP contribution in [0.15, 0.2) is 54.6 Å². The number of benzene rings is 2. The maximum absolute atomic E-state index is 11.4. The lowest BCUT2D eigenvalue weighted by atomic mass is 10.1. The third-order valence-corrected chi connectivity index (χ3v) is 3.32. The van der Waals surface area contributed by atoms with E-state index in [1.54, 1.807) is 7.11 Å². The largest absolute Gasteiger partial charge is 0.496 e. The Hall–Kier alpha value is -2.33. The lowest BCUT2D eigenvalue weighted by Gasteiger charge is -2.15. The minimum Gasteiger partial charge on any atom is -0.496 e. The molecule has 1 atom stereocenters. The molecule has 4 nitrogen and oxygen atoms in total. The Morgan fingerprint density at radius 3 is 2.48 bits per heavy atom. The van der Waals surface area contributed by atoms with Crippen molar-refractivity contribution in [2.75, 3.05) is 13.7 Å². The number of methoxy groups -OCH3 is 1.